The van der Waals surface area contributed by atoms with Crippen molar-refractivity contribution in [1.29, 1.82) is 0 Å². The summed E-state index contributed by atoms with van der Waals surface area (Å²) in [7, 11) is 1.35. The van der Waals surface area contributed by atoms with Gasteiger partial charge in [0.25, 0.3) is 0 Å². The predicted octanol–water partition coefficient (Wildman–Crippen LogP) is 4.47. The van der Waals surface area contributed by atoms with Crippen LogP contribution in [0.1, 0.15) is 30.1 Å². The summed E-state index contributed by atoms with van der Waals surface area (Å²) < 4.78 is 10.3. The first-order valence-corrected chi connectivity index (χ1v) is 11.7. The molecule has 8 heteroatoms. The molecule has 1 N–H and O–H groups in total. The molecular formula is C25H30ClN3O4. The molecule has 2 aromatic carbocycles. The van der Waals surface area contributed by atoms with E-state index >= 15 is 0 Å². The fraction of sp³-hybridized carbons (Fsp3) is 0.400. The van der Waals surface area contributed by atoms with E-state index in [2.05, 4.69) is 17.1 Å². The van der Waals surface area contributed by atoms with Crippen LogP contribution in [0.15, 0.2) is 42.5 Å². The number of halogens is 1. The number of para-hydroxylation sites is 1. The fourth-order valence-electron chi connectivity index (χ4n) is 3.75. The summed E-state index contributed by atoms with van der Waals surface area (Å²) >= 11 is 5.83. The van der Waals surface area contributed by atoms with Crippen molar-refractivity contribution in [2.45, 2.75) is 19.8 Å². The molecule has 0 amide bonds. The number of methoxy groups -OCH3 is 1. The Morgan fingerprint density at radius 2 is 1.85 bits per heavy atom. The minimum absolute atomic E-state index is 0.220. The standard InChI is InChI=1S/C25H30ClN3O4/c1-3-13-29(14-11-26)15-16-33-23(30)10-12-27-24-19-6-4-5-7-21(19)28-22-9-8-18(17-20(22)24)25(31)32-2/h4-9,17H,3,10-16H2,1-2H3,(H,27,28). The second-order valence-electron chi connectivity index (χ2n) is 7.66. The van der Waals surface area contributed by atoms with Gasteiger partial charge >= 0.3 is 11.9 Å². The first-order chi connectivity index (χ1) is 16.1. The van der Waals surface area contributed by atoms with E-state index in [0.29, 0.717) is 31.1 Å². The fourth-order valence-corrected chi connectivity index (χ4v) is 3.99. The van der Waals surface area contributed by atoms with Crippen LogP contribution in [0, 0.1) is 0 Å². The molecule has 7 nitrogen and oxygen atoms in total. The van der Waals surface area contributed by atoms with Gasteiger partial charge in [0.2, 0.25) is 0 Å². The predicted molar refractivity (Wildman–Crippen MR) is 132 cm³/mol. The number of anilines is 1. The molecule has 0 aliphatic rings. The largest absolute Gasteiger partial charge is 0.465 e. The molecule has 176 valence electrons. The van der Waals surface area contributed by atoms with Crippen molar-refractivity contribution in [3.63, 3.8) is 0 Å². The summed E-state index contributed by atoms with van der Waals surface area (Å²) in [6, 6.07) is 13.0. The quantitative estimate of drug-likeness (QED) is 0.237. The third-order valence-corrected chi connectivity index (χ3v) is 5.51. The normalized spacial score (nSPS) is 11.2. The van der Waals surface area contributed by atoms with Gasteiger partial charge in [-0.25, -0.2) is 9.78 Å². The molecule has 33 heavy (non-hydrogen) atoms. The number of rotatable bonds is 12. The average Bonchev–Trinajstić information content (AvgIpc) is 2.83. The van der Waals surface area contributed by atoms with Gasteiger partial charge in [0.15, 0.2) is 0 Å². The van der Waals surface area contributed by atoms with Crippen molar-refractivity contribution in [2.24, 2.45) is 0 Å². The Labute approximate surface area is 199 Å². The van der Waals surface area contributed by atoms with Gasteiger partial charge in [-0.05, 0) is 37.2 Å². The summed E-state index contributed by atoms with van der Waals surface area (Å²) in [5, 5.41) is 5.07. The summed E-state index contributed by atoms with van der Waals surface area (Å²) in [6.45, 7) is 5.24. The molecule has 0 spiro atoms. The van der Waals surface area contributed by atoms with Gasteiger partial charge in [-0.3, -0.25) is 9.69 Å². The van der Waals surface area contributed by atoms with Gasteiger partial charge in [0.1, 0.15) is 6.61 Å². The van der Waals surface area contributed by atoms with Crippen molar-refractivity contribution >= 4 is 51.0 Å². The Balaban J connectivity index is 1.69. The molecule has 0 fully saturated rings. The number of hydrogen-bond acceptors (Lipinski definition) is 7. The molecule has 0 saturated heterocycles. The number of carbonyl (C=O) groups excluding carboxylic acids is 2. The van der Waals surface area contributed by atoms with Crippen molar-refractivity contribution in [3.05, 3.63) is 48.0 Å². The Morgan fingerprint density at radius 3 is 2.61 bits per heavy atom. The monoisotopic (exact) mass is 471 g/mol. The van der Waals surface area contributed by atoms with Crippen LogP contribution in [0.3, 0.4) is 0 Å². The van der Waals surface area contributed by atoms with E-state index in [1.165, 1.54) is 7.11 Å². The van der Waals surface area contributed by atoms with Crippen LogP contribution in [-0.4, -0.2) is 67.6 Å². The Hall–Kier alpha value is -2.90. The van der Waals surface area contributed by atoms with Gasteiger partial charge in [-0.2, -0.15) is 0 Å². The maximum absolute atomic E-state index is 12.3. The second-order valence-corrected chi connectivity index (χ2v) is 8.03. The molecule has 0 atom stereocenters. The number of benzene rings is 2. The zero-order valence-corrected chi connectivity index (χ0v) is 19.9. The first-order valence-electron chi connectivity index (χ1n) is 11.2. The van der Waals surface area contributed by atoms with Gasteiger partial charge < -0.3 is 14.8 Å². The van der Waals surface area contributed by atoms with Crippen LogP contribution in [0.5, 0.6) is 0 Å². The number of nitrogens with zero attached hydrogens (tertiary/aromatic N) is 2. The molecule has 0 bridgehead atoms. The maximum Gasteiger partial charge on any atom is 0.337 e. The highest BCUT2D eigenvalue weighted by Crippen LogP contribution is 2.31. The third-order valence-electron chi connectivity index (χ3n) is 5.34. The highest BCUT2D eigenvalue weighted by molar-refractivity contribution is 6.18. The number of fused-ring (bicyclic) bond motifs is 2. The van der Waals surface area contributed by atoms with Gasteiger partial charge in [0, 0.05) is 36.3 Å². The number of carbonyl (C=O) groups is 2. The molecule has 3 aromatic rings. The van der Waals surface area contributed by atoms with Crippen LogP contribution >= 0.6 is 11.6 Å². The molecule has 0 aliphatic carbocycles. The van der Waals surface area contributed by atoms with Crippen molar-refractivity contribution in [1.82, 2.24) is 9.88 Å². The van der Waals surface area contributed by atoms with Crippen molar-refractivity contribution in [2.75, 3.05) is 51.1 Å². The lowest BCUT2D eigenvalue weighted by molar-refractivity contribution is -0.143. The minimum atomic E-state index is -0.411. The minimum Gasteiger partial charge on any atom is -0.465 e. The number of aromatic nitrogens is 1. The van der Waals surface area contributed by atoms with Crippen LogP contribution < -0.4 is 5.32 Å². The van der Waals surface area contributed by atoms with Crippen LogP contribution in [-0.2, 0) is 14.3 Å². The average molecular weight is 472 g/mol. The topological polar surface area (TPSA) is 80.8 Å². The summed E-state index contributed by atoms with van der Waals surface area (Å²) in [6.07, 6.45) is 1.25. The summed E-state index contributed by atoms with van der Waals surface area (Å²) in [5.41, 5.74) is 2.85. The molecule has 1 aromatic heterocycles. The van der Waals surface area contributed by atoms with Crippen LogP contribution in [0.2, 0.25) is 0 Å². The van der Waals surface area contributed by atoms with E-state index in [9.17, 15) is 9.59 Å². The van der Waals surface area contributed by atoms with Crippen molar-refractivity contribution < 1.29 is 19.1 Å². The molecule has 0 saturated carbocycles. The lowest BCUT2D eigenvalue weighted by Gasteiger charge is -2.20. The number of pyridine rings is 1. The second kappa shape index (κ2) is 12.4. The number of alkyl halides is 1. The van der Waals surface area contributed by atoms with E-state index in [1.807, 2.05) is 24.3 Å². The van der Waals surface area contributed by atoms with Gasteiger partial charge in [-0.1, -0.05) is 25.1 Å². The number of nitrogens with one attached hydrogen (secondary N) is 1. The van der Waals surface area contributed by atoms with Crippen LogP contribution in [0.4, 0.5) is 5.69 Å². The summed E-state index contributed by atoms with van der Waals surface area (Å²) in [5.74, 6) is -0.114. The third kappa shape index (κ3) is 6.55. The molecule has 0 radical (unpaired) electrons. The molecule has 0 aliphatic heterocycles. The Bertz CT molecular complexity index is 1100. The molecule has 3 rings (SSSR count). The number of esters is 2. The van der Waals surface area contributed by atoms with Crippen LogP contribution in [0.25, 0.3) is 21.8 Å². The van der Waals surface area contributed by atoms with E-state index < -0.39 is 5.97 Å². The van der Waals surface area contributed by atoms with E-state index in [1.54, 1.807) is 18.2 Å². The summed E-state index contributed by atoms with van der Waals surface area (Å²) in [4.78, 5) is 31.2. The molecule has 1 heterocycles. The first kappa shape index (κ1) is 24.7. The zero-order chi connectivity index (χ0) is 23.6. The van der Waals surface area contributed by atoms with E-state index in [-0.39, 0.29) is 12.4 Å². The molecular weight excluding hydrogens is 442 g/mol. The SMILES string of the molecule is CCCN(CCCl)CCOC(=O)CCNc1c2ccccc2nc2ccc(C(=O)OC)cc12. The highest BCUT2D eigenvalue weighted by atomic mass is 35.5. The Morgan fingerprint density at radius 1 is 1.06 bits per heavy atom. The number of hydrogen-bond donors (Lipinski definition) is 1. The lowest BCUT2D eigenvalue weighted by atomic mass is 10.0. The van der Waals surface area contributed by atoms with Gasteiger partial charge in [0.05, 0.1) is 35.8 Å². The highest BCUT2D eigenvalue weighted by Gasteiger charge is 2.13. The maximum atomic E-state index is 12.3. The Kier molecular flexibility index (Phi) is 9.27. The van der Waals surface area contributed by atoms with Gasteiger partial charge in [-0.15, -0.1) is 11.6 Å². The van der Waals surface area contributed by atoms with E-state index in [4.69, 9.17) is 26.1 Å². The lowest BCUT2D eigenvalue weighted by Crippen LogP contribution is -2.31. The zero-order valence-electron chi connectivity index (χ0n) is 19.1. The smallest absolute Gasteiger partial charge is 0.337 e. The van der Waals surface area contributed by atoms with Crippen molar-refractivity contribution in [3.8, 4) is 0 Å². The van der Waals surface area contributed by atoms with E-state index in [0.717, 1.165) is 47.0 Å². The molecule has 0 unspecified atom stereocenters. The number of ether oxygens (including phenoxy) is 2.